The number of hydrogen-bond acceptors (Lipinski definition) is 7. The van der Waals surface area contributed by atoms with Crippen molar-refractivity contribution in [3.63, 3.8) is 0 Å². The van der Waals surface area contributed by atoms with E-state index in [9.17, 15) is 22.8 Å². The smallest absolute Gasteiger partial charge is 0.306 e. The molecule has 2 aromatic carbocycles. The van der Waals surface area contributed by atoms with Crippen molar-refractivity contribution in [2.75, 3.05) is 38.6 Å². The summed E-state index contributed by atoms with van der Waals surface area (Å²) in [4.78, 5) is 42.0. The molecule has 1 fully saturated rings. The monoisotopic (exact) mass is 684 g/mol. The number of amides is 2. The van der Waals surface area contributed by atoms with Crippen molar-refractivity contribution in [1.29, 1.82) is 0 Å². The molecule has 2 amide bonds. The maximum Gasteiger partial charge on any atom is 0.306 e. The van der Waals surface area contributed by atoms with Crippen LogP contribution in [0.1, 0.15) is 39.2 Å². The number of anilines is 1. The Kier molecular flexibility index (Phi) is 10.6. The highest BCUT2D eigenvalue weighted by atomic mass is 127. The molecule has 0 radical (unpaired) electrons. The molecule has 0 aromatic heterocycles. The van der Waals surface area contributed by atoms with Crippen LogP contribution in [0.2, 0.25) is 0 Å². The van der Waals surface area contributed by atoms with Gasteiger partial charge in [-0.3, -0.25) is 14.4 Å². The van der Waals surface area contributed by atoms with Gasteiger partial charge in [-0.05, 0) is 85.3 Å². The lowest BCUT2D eigenvalue weighted by Crippen LogP contribution is -2.61. The van der Waals surface area contributed by atoms with Crippen LogP contribution in [-0.4, -0.2) is 80.8 Å². The Morgan fingerprint density at radius 3 is 2.20 bits per heavy atom. The van der Waals surface area contributed by atoms with Crippen LogP contribution in [0.15, 0.2) is 53.4 Å². The van der Waals surface area contributed by atoms with Crippen molar-refractivity contribution >= 4 is 56.1 Å². The molecule has 0 bridgehead atoms. The summed E-state index contributed by atoms with van der Waals surface area (Å²) in [6.45, 7) is 5.38. The molecule has 1 saturated heterocycles. The number of piperazine rings is 1. The van der Waals surface area contributed by atoms with E-state index in [0.717, 1.165) is 19.1 Å². The highest BCUT2D eigenvalue weighted by Gasteiger charge is 2.41. The molecule has 0 aliphatic carbocycles. The molecule has 0 saturated carbocycles. The van der Waals surface area contributed by atoms with Gasteiger partial charge < -0.3 is 19.9 Å². The third kappa shape index (κ3) is 8.64. The maximum atomic E-state index is 13.6. The summed E-state index contributed by atoms with van der Waals surface area (Å²) in [6.07, 6.45) is -0.192. The topological polar surface area (TPSA) is 116 Å². The molecule has 12 heteroatoms. The fourth-order valence-electron chi connectivity index (χ4n) is 4.21. The molecule has 1 heterocycles. The van der Waals surface area contributed by atoms with E-state index < -0.39 is 33.5 Å². The predicted molar refractivity (Wildman–Crippen MR) is 161 cm³/mol. The number of nitrogens with zero attached hydrogens (tertiary/aromatic N) is 3. The Bertz CT molecular complexity index is 1310. The van der Waals surface area contributed by atoms with Gasteiger partial charge in [0.1, 0.15) is 11.6 Å². The number of hydrogen-bond donors (Lipinski definition) is 1. The van der Waals surface area contributed by atoms with Gasteiger partial charge in [-0.2, -0.15) is 4.31 Å². The summed E-state index contributed by atoms with van der Waals surface area (Å²) in [7, 11) is -0.147. The quantitative estimate of drug-likeness (QED) is 0.319. The van der Waals surface area contributed by atoms with Crippen LogP contribution in [0.3, 0.4) is 0 Å². The Labute approximate surface area is 250 Å². The molecule has 3 rings (SSSR count). The van der Waals surface area contributed by atoms with E-state index in [1.165, 1.54) is 17.0 Å². The van der Waals surface area contributed by atoms with Crippen molar-refractivity contribution < 1.29 is 27.5 Å². The molecule has 40 heavy (non-hydrogen) atoms. The molecule has 1 aliphatic rings. The second-order valence-electron chi connectivity index (χ2n) is 10.8. The van der Waals surface area contributed by atoms with Crippen LogP contribution < -0.4 is 10.2 Å². The molecule has 1 N–H and O–H groups in total. The minimum atomic E-state index is -4.01. The molecule has 0 spiro atoms. The fourth-order valence-corrected chi connectivity index (χ4v) is 6.14. The van der Waals surface area contributed by atoms with Crippen LogP contribution in [-0.2, 0) is 35.7 Å². The van der Waals surface area contributed by atoms with Crippen molar-refractivity contribution in [2.45, 2.75) is 56.7 Å². The Balaban J connectivity index is 1.77. The van der Waals surface area contributed by atoms with Gasteiger partial charge in [-0.25, -0.2) is 8.42 Å². The minimum Gasteiger partial charge on any atom is -0.460 e. The first-order valence-electron chi connectivity index (χ1n) is 13.0. The average molecular weight is 685 g/mol. The van der Waals surface area contributed by atoms with Crippen LogP contribution in [0.25, 0.3) is 0 Å². The number of carbonyl (C=O) groups is 3. The normalized spacial score (nSPS) is 16.4. The Morgan fingerprint density at radius 1 is 1.00 bits per heavy atom. The van der Waals surface area contributed by atoms with Crippen molar-refractivity contribution in [1.82, 2.24) is 14.5 Å². The SMILES string of the molecule is CN(C)c1ccc(CNC(=O)C2CN(C(=O)CCC(=O)OC(C)(C)C)CCN2S(=O)(=O)c2ccc(I)cc2)cc1. The first kappa shape index (κ1) is 31.8. The number of halogens is 1. The highest BCUT2D eigenvalue weighted by molar-refractivity contribution is 14.1. The largest absolute Gasteiger partial charge is 0.460 e. The third-order valence-electron chi connectivity index (χ3n) is 6.29. The number of rotatable bonds is 9. The van der Waals surface area contributed by atoms with Gasteiger partial charge in [-0.15, -0.1) is 0 Å². The third-order valence-corrected chi connectivity index (χ3v) is 8.93. The number of carbonyl (C=O) groups excluding carboxylic acids is 3. The molecule has 218 valence electrons. The second-order valence-corrected chi connectivity index (χ2v) is 13.9. The second kappa shape index (κ2) is 13.3. The molecular weight excluding hydrogens is 647 g/mol. The van der Waals surface area contributed by atoms with Crippen LogP contribution in [0.4, 0.5) is 5.69 Å². The van der Waals surface area contributed by atoms with Crippen LogP contribution >= 0.6 is 22.6 Å². The van der Waals surface area contributed by atoms with Gasteiger partial charge in [0, 0.05) is 56.0 Å². The average Bonchev–Trinajstić information content (AvgIpc) is 2.89. The number of sulfonamides is 1. The van der Waals surface area contributed by atoms with E-state index in [1.807, 2.05) is 43.3 Å². The number of nitrogens with one attached hydrogen (secondary N) is 1. The lowest BCUT2D eigenvalue weighted by molar-refractivity contribution is -0.156. The summed E-state index contributed by atoms with van der Waals surface area (Å²) in [5, 5.41) is 2.84. The standard InChI is InChI=1S/C28H37IN4O6S/c1-28(2,3)39-26(35)15-14-25(34)32-16-17-33(40(37,38)23-12-8-21(29)9-13-23)24(19-32)27(36)30-18-20-6-10-22(11-7-20)31(4)5/h6-13,24H,14-19H2,1-5H3,(H,30,36). The molecule has 1 atom stereocenters. The predicted octanol–water partition coefficient (Wildman–Crippen LogP) is 3.00. The van der Waals surface area contributed by atoms with E-state index >= 15 is 0 Å². The zero-order chi connectivity index (χ0) is 29.7. The van der Waals surface area contributed by atoms with Gasteiger partial charge in [0.25, 0.3) is 0 Å². The van der Waals surface area contributed by atoms with E-state index in [0.29, 0.717) is 0 Å². The van der Waals surface area contributed by atoms with Gasteiger partial charge in [0.05, 0.1) is 11.3 Å². The van der Waals surface area contributed by atoms with E-state index in [1.54, 1.807) is 32.9 Å². The molecule has 10 nitrogen and oxygen atoms in total. The Morgan fingerprint density at radius 2 is 1.62 bits per heavy atom. The summed E-state index contributed by atoms with van der Waals surface area (Å²) >= 11 is 2.09. The highest BCUT2D eigenvalue weighted by Crippen LogP contribution is 2.24. The van der Waals surface area contributed by atoms with Crippen molar-refractivity contribution in [2.24, 2.45) is 0 Å². The fraction of sp³-hybridized carbons (Fsp3) is 0.464. The van der Waals surface area contributed by atoms with Crippen LogP contribution in [0, 0.1) is 3.57 Å². The number of ether oxygens (including phenoxy) is 1. The lowest BCUT2D eigenvalue weighted by atomic mass is 10.1. The summed E-state index contributed by atoms with van der Waals surface area (Å²) < 4.78 is 34.5. The molecule has 1 aliphatic heterocycles. The van der Waals surface area contributed by atoms with Gasteiger partial charge >= 0.3 is 5.97 Å². The zero-order valence-corrected chi connectivity index (χ0v) is 26.5. The number of esters is 1. The van der Waals surface area contributed by atoms with Gasteiger partial charge in [0.15, 0.2) is 0 Å². The number of benzene rings is 2. The summed E-state index contributed by atoms with van der Waals surface area (Å²) in [5.41, 5.74) is 1.20. The zero-order valence-electron chi connectivity index (χ0n) is 23.5. The lowest BCUT2D eigenvalue weighted by Gasteiger charge is -2.39. The van der Waals surface area contributed by atoms with Gasteiger partial charge in [-0.1, -0.05) is 12.1 Å². The molecule has 1 unspecified atom stereocenters. The van der Waals surface area contributed by atoms with E-state index in [2.05, 4.69) is 27.9 Å². The van der Waals surface area contributed by atoms with E-state index in [4.69, 9.17) is 4.74 Å². The maximum absolute atomic E-state index is 13.6. The Hall–Kier alpha value is -2.71. The molecule has 2 aromatic rings. The van der Waals surface area contributed by atoms with Crippen molar-refractivity contribution in [3.05, 3.63) is 57.7 Å². The summed E-state index contributed by atoms with van der Waals surface area (Å²) in [5.74, 6) is -1.33. The van der Waals surface area contributed by atoms with E-state index in [-0.39, 0.29) is 49.8 Å². The van der Waals surface area contributed by atoms with Crippen molar-refractivity contribution in [3.8, 4) is 0 Å². The summed E-state index contributed by atoms with van der Waals surface area (Å²) in [6, 6.07) is 12.9. The first-order chi connectivity index (χ1) is 18.7. The first-order valence-corrected chi connectivity index (χ1v) is 15.5. The molecular formula is C28H37IN4O6S. The van der Waals surface area contributed by atoms with Crippen LogP contribution in [0.5, 0.6) is 0 Å². The minimum absolute atomic E-state index is 0.0535. The van der Waals surface area contributed by atoms with Gasteiger partial charge in [0.2, 0.25) is 21.8 Å².